The molecule has 28 heavy (non-hydrogen) atoms. The SMILES string of the molecule is O=C1/C(=C/c2ccc(F)cc2)CN(CP(=O)(O)O)C/C1=C\c1ccc(F)cc1. The summed E-state index contributed by atoms with van der Waals surface area (Å²) >= 11 is 0. The van der Waals surface area contributed by atoms with Gasteiger partial charge in [0, 0.05) is 24.2 Å². The number of nitrogens with zero attached hydrogens (tertiary/aromatic N) is 1. The van der Waals surface area contributed by atoms with Crippen molar-refractivity contribution in [1.82, 2.24) is 4.90 Å². The Labute approximate surface area is 160 Å². The van der Waals surface area contributed by atoms with Crippen LogP contribution in [0, 0.1) is 11.6 Å². The zero-order valence-corrected chi connectivity index (χ0v) is 15.7. The fourth-order valence-corrected chi connectivity index (χ4v) is 3.71. The van der Waals surface area contributed by atoms with E-state index in [1.54, 1.807) is 12.2 Å². The number of likely N-dealkylation sites (tertiary alicyclic amines) is 1. The fraction of sp³-hybridized carbons (Fsp3) is 0.150. The zero-order chi connectivity index (χ0) is 20.3. The average molecular weight is 405 g/mol. The molecule has 0 radical (unpaired) electrons. The quantitative estimate of drug-likeness (QED) is 0.602. The molecule has 1 heterocycles. The van der Waals surface area contributed by atoms with Crippen LogP contribution < -0.4 is 0 Å². The Morgan fingerprint density at radius 2 is 1.25 bits per heavy atom. The normalized spacial score (nSPS) is 18.8. The number of carbonyl (C=O) groups is 1. The molecule has 0 unspecified atom stereocenters. The van der Waals surface area contributed by atoms with Gasteiger partial charge in [0.15, 0.2) is 5.78 Å². The molecule has 3 rings (SSSR count). The molecule has 146 valence electrons. The van der Waals surface area contributed by atoms with Gasteiger partial charge >= 0.3 is 7.60 Å². The predicted octanol–water partition coefficient (Wildman–Crippen LogP) is 3.45. The summed E-state index contributed by atoms with van der Waals surface area (Å²) in [5, 5.41) is 0. The van der Waals surface area contributed by atoms with E-state index in [2.05, 4.69) is 0 Å². The highest BCUT2D eigenvalue weighted by atomic mass is 31.2. The molecule has 0 amide bonds. The highest BCUT2D eigenvalue weighted by molar-refractivity contribution is 7.51. The van der Waals surface area contributed by atoms with Crippen molar-refractivity contribution in [3.05, 3.63) is 82.4 Å². The van der Waals surface area contributed by atoms with E-state index in [-0.39, 0.29) is 18.9 Å². The van der Waals surface area contributed by atoms with Crippen LogP contribution in [0.25, 0.3) is 12.2 Å². The molecule has 0 bridgehead atoms. The van der Waals surface area contributed by atoms with Gasteiger partial charge in [-0.2, -0.15) is 0 Å². The minimum Gasteiger partial charge on any atom is -0.324 e. The van der Waals surface area contributed by atoms with Crippen LogP contribution in [0.1, 0.15) is 11.1 Å². The highest BCUT2D eigenvalue weighted by Crippen LogP contribution is 2.37. The maximum absolute atomic E-state index is 13.1. The number of halogens is 2. The van der Waals surface area contributed by atoms with Crippen molar-refractivity contribution in [2.75, 3.05) is 19.4 Å². The Balaban J connectivity index is 1.96. The number of rotatable bonds is 4. The molecule has 2 aromatic rings. The maximum atomic E-state index is 13.1. The molecule has 0 aromatic heterocycles. The van der Waals surface area contributed by atoms with Gasteiger partial charge in [-0.05, 0) is 47.5 Å². The lowest BCUT2D eigenvalue weighted by molar-refractivity contribution is -0.113. The molecule has 1 fully saturated rings. The third-order valence-corrected chi connectivity index (χ3v) is 4.95. The molecule has 1 aliphatic heterocycles. The summed E-state index contributed by atoms with van der Waals surface area (Å²) in [6.45, 7) is 0.115. The van der Waals surface area contributed by atoms with Gasteiger partial charge in [-0.25, -0.2) is 8.78 Å². The van der Waals surface area contributed by atoms with E-state index < -0.39 is 25.5 Å². The van der Waals surface area contributed by atoms with Gasteiger partial charge in [0.1, 0.15) is 17.9 Å². The molecule has 2 N–H and O–H groups in total. The van der Waals surface area contributed by atoms with E-state index in [4.69, 9.17) is 0 Å². The average Bonchev–Trinajstić information content (AvgIpc) is 2.61. The van der Waals surface area contributed by atoms with Gasteiger partial charge < -0.3 is 9.79 Å². The summed E-state index contributed by atoms with van der Waals surface area (Å²) in [5.74, 6) is -1.08. The fourth-order valence-electron chi connectivity index (χ4n) is 2.99. The lowest BCUT2D eigenvalue weighted by atomic mass is 9.94. The van der Waals surface area contributed by atoms with Crippen LogP contribution in [0.2, 0.25) is 0 Å². The van der Waals surface area contributed by atoms with Gasteiger partial charge in [-0.15, -0.1) is 0 Å². The Kier molecular flexibility index (Phi) is 6.01. The van der Waals surface area contributed by atoms with E-state index in [9.17, 15) is 27.9 Å². The lowest BCUT2D eigenvalue weighted by Crippen LogP contribution is -2.38. The highest BCUT2D eigenvalue weighted by Gasteiger charge is 2.29. The van der Waals surface area contributed by atoms with Crippen LogP contribution in [0.3, 0.4) is 0 Å². The first kappa shape index (κ1) is 20.3. The first-order valence-electron chi connectivity index (χ1n) is 8.43. The molecule has 0 aliphatic carbocycles. The molecule has 8 heteroatoms. The second-order valence-electron chi connectivity index (χ2n) is 6.56. The van der Waals surface area contributed by atoms with Crippen molar-refractivity contribution >= 4 is 25.5 Å². The van der Waals surface area contributed by atoms with Crippen LogP contribution in [0.15, 0.2) is 59.7 Å². The summed E-state index contributed by atoms with van der Waals surface area (Å²) in [6.07, 6.45) is 2.65. The summed E-state index contributed by atoms with van der Waals surface area (Å²) < 4.78 is 37.6. The van der Waals surface area contributed by atoms with E-state index in [1.165, 1.54) is 53.4 Å². The van der Waals surface area contributed by atoms with Crippen molar-refractivity contribution in [1.29, 1.82) is 0 Å². The summed E-state index contributed by atoms with van der Waals surface area (Å²) in [5.41, 5.74) is 1.87. The molecule has 1 saturated heterocycles. The van der Waals surface area contributed by atoms with Gasteiger partial charge in [0.05, 0.1) is 0 Å². The van der Waals surface area contributed by atoms with Crippen molar-refractivity contribution in [2.24, 2.45) is 0 Å². The Hall–Kier alpha value is -2.44. The Morgan fingerprint density at radius 3 is 1.61 bits per heavy atom. The second-order valence-corrected chi connectivity index (χ2v) is 8.18. The first-order valence-corrected chi connectivity index (χ1v) is 10.2. The minimum atomic E-state index is -4.32. The molecular formula is C20H18F2NO4P. The van der Waals surface area contributed by atoms with Gasteiger partial charge in [0.2, 0.25) is 0 Å². The Bertz CT molecular complexity index is 911. The van der Waals surface area contributed by atoms with E-state index >= 15 is 0 Å². The molecular weight excluding hydrogens is 387 g/mol. The van der Waals surface area contributed by atoms with Gasteiger partial charge in [-0.1, -0.05) is 24.3 Å². The lowest BCUT2D eigenvalue weighted by Gasteiger charge is -2.29. The number of piperidine rings is 1. The smallest absolute Gasteiger partial charge is 0.324 e. The number of hydrogen-bond donors (Lipinski definition) is 2. The number of ketones is 1. The zero-order valence-electron chi connectivity index (χ0n) is 14.8. The van der Waals surface area contributed by atoms with Gasteiger partial charge in [-0.3, -0.25) is 14.3 Å². The summed E-state index contributed by atoms with van der Waals surface area (Å²) in [7, 11) is -4.32. The Morgan fingerprint density at radius 1 is 0.857 bits per heavy atom. The molecule has 0 saturated carbocycles. The third-order valence-electron chi connectivity index (χ3n) is 4.18. The predicted molar refractivity (Wildman–Crippen MR) is 102 cm³/mol. The largest absolute Gasteiger partial charge is 0.339 e. The minimum absolute atomic E-state index is 0.0576. The van der Waals surface area contributed by atoms with E-state index in [0.29, 0.717) is 22.3 Å². The maximum Gasteiger partial charge on any atom is 0.339 e. The summed E-state index contributed by atoms with van der Waals surface area (Å²) in [4.78, 5) is 33.0. The van der Waals surface area contributed by atoms with Crippen LogP contribution in [-0.2, 0) is 9.36 Å². The second kappa shape index (κ2) is 8.29. The van der Waals surface area contributed by atoms with Crippen LogP contribution in [0.5, 0.6) is 0 Å². The van der Waals surface area contributed by atoms with Crippen molar-refractivity contribution < 1.29 is 27.9 Å². The van der Waals surface area contributed by atoms with Crippen molar-refractivity contribution in [2.45, 2.75) is 0 Å². The van der Waals surface area contributed by atoms with Crippen LogP contribution in [0.4, 0.5) is 8.78 Å². The van der Waals surface area contributed by atoms with E-state index in [0.717, 1.165) is 0 Å². The van der Waals surface area contributed by atoms with E-state index in [1.807, 2.05) is 0 Å². The van der Waals surface area contributed by atoms with Crippen LogP contribution in [-0.4, -0.2) is 39.8 Å². The first-order chi connectivity index (χ1) is 13.2. The van der Waals surface area contributed by atoms with Gasteiger partial charge in [0.25, 0.3) is 0 Å². The third kappa shape index (κ3) is 5.53. The monoisotopic (exact) mass is 405 g/mol. The number of carbonyl (C=O) groups excluding carboxylic acids is 1. The van der Waals surface area contributed by atoms with Crippen molar-refractivity contribution in [3.63, 3.8) is 0 Å². The molecule has 5 nitrogen and oxygen atoms in total. The molecule has 0 atom stereocenters. The topological polar surface area (TPSA) is 77.8 Å². The molecule has 1 aliphatic rings. The van der Waals surface area contributed by atoms with Crippen LogP contribution >= 0.6 is 7.60 Å². The molecule has 0 spiro atoms. The standard InChI is InChI=1S/C20H18F2NO4P/c21-18-5-1-14(2-6-18)9-16-11-23(13-28(25,26)27)12-17(20(16)24)10-15-3-7-19(22)8-4-15/h1-10H,11-13H2,(H2,25,26,27)/b16-9+,17-10+. The molecule has 2 aromatic carbocycles. The summed E-state index contributed by atoms with van der Waals surface area (Å²) in [6, 6.07) is 11.1. The number of hydrogen-bond acceptors (Lipinski definition) is 3. The number of Topliss-reactive ketones (excluding diaryl/α,β-unsaturated/α-hetero) is 1. The number of benzene rings is 2. The van der Waals surface area contributed by atoms with Crippen molar-refractivity contribution in [3.8, 4) is 0 Å².